The molecule has 29 heavy (non-hydrogen) atoms. The van der Waals surface area contributed by atoms with Crippen molar-refractivity contribution in [1.29, 1.82) is 0 Å². The number of rotatable bonds is 7. The SMILES string of the molecule is O=C(/C=C/c1ccc(OCc2ccccc2)cc1)Nc1ccc(Cl)c([N+](=O)[O-])c1. The summed E-state index contributed by atoms with van der Waals surface area (Å²) in [6.07, 6.45) is 2.99. The smallest absolute Gasteiger partial charge is 0.289 e. The van der Waals surface area contributed by atoms with Gasteiger partial charge in [0.15, 0.2) is 0 Å². The van der Waals surface area contributed by atoms with E-state index in [1.807, 2.05) is 54.6 Å². The van der Waals surface area contributed by atoms with Gasteiger partial charge in [0.25, 0.3) is 5.69 Å². The summed E-state index contributed by atoms with van der Waals surface area (Å²) in [7, 11) is 0. The number of hydrogen-bond donors (Lipinski definition) is 1. The van der Waals surface area contributed by atoms with E-state index in [1.165, 1.54) is 24.3 Å². The van der Waals surface area contributed by atoms with E-state index in [1.54, 1.807) is 6.08 Å². The van der Waals surface area contributed by atoms with Gasteiger partial charge in [-0.15, -0.1) is 0 Å². The Morgan fingerprint density at radius 1 is 1.07 bits per heavy atom. The van der Waals surface area contributed by atoms with Gasteiger partial charge in [-0.2, -0.15) is 0 Å². The fourth-order valence-corrected chi connectivity index (χ4v) is 2.69. The van der Waals surface area contributed by atoms with Crippen molar-refractivity contribution in [1.82, 2.24) is 0 Å². The number of nitrogens with one attached hydrogen (secondary N) is 1. The zero-order chi connectivity index (χ0) is 20.6. The summed E-state index contributed by atoms with van der Waals surface area (Å²) in [6.45, 7) is 0.478. The van der Waals surface area contributed by atoms with Crippen molar-refractivity contribution in [3.8, 4) is 5.75 Å². The van der Waals surface area contributed by atoms with Gasteiger partial charge in [-0.25, -0.2) is 0 Å². The molecular weight excluding hydrogens is 392 g/mol. The summed E-state index contributed by atoms with van der Waals surface area (Å²) < 4.78 is 5.72. The molecule has 0 saturated heterocycles. The van der Waals surface area contributed by atoms with Crippen LogP contribution in [0, 0.1) is 10.1 Å². The molecule has 6 nitrogen and oxygen atoms in total. The fourth-order valence-electron chi connectivity index (χ4n) is 2.50. The van der Waals surface area contributed by atoms with E-state index in [0.29, 0.717) is 12.3 Å². The molecule has 0 aliphatic heterocycles. The lowest BCUT2D eigenvalue weighted by Gasteiger charge is -2.06. The second kappa shape index (κ2) is 9.52. The maximum Gasteiger partial charge on any atom is 0.289 e. The van der Waals surface area contributed by atoms with Crippen LogP contribution in [-0.2, 0) is 11.4 Å². The molecule has 1 amide bonds. The van der Waals surface area contributed by atoms with Crippen molar-refractivity contribution in [3.05, 3.63) is 105 Å². The molecule has 3 aromatic carbocycles. The lowest BCUT2D eigenvalue weighted by molar-refractivity contribution is -0.384. The number of carbonyl (C=O) groups excluding carboxylic acids is 1. The third-order valence-corrected chi connectivity index (χ3v) is 4.29. The second-order valence-corrected chi connectivity index (χ2v) is 6.50. The summed E-state index contributed by atoms with van der Waals surface area (Å²) in [5.41, 5.74) is 1.92. The predicted molar refractivity (Wildman–Crippen MR) is 113 cm³/mol. The molecule has 1 N–H and O–H groups in total. The van der Waals surface area contributed by atoms with Crippen molar-refractivity contribution < 1.29 is 14.5 Å². The first-order chi connectivity index (χ1) is 14.0. The third-order valence-electron chi connectivity index (χ3n) is 3.97. The van der Waals surface area contributed by atoms with E-state index in [2.05, 4.69) is 5.32 Å². The number of ether oxygens (including phenoxy) is 1. The lowest BCUT2D eigenvalue weighted by Crippen LogP contribution is -2.08. The van der Waals surface area contributed by atoms with Gasteiger partial charge in [-0.3, -0.25) is 14.9 Å². The molecule has 0 bridgehead atoms. The maximum atomic E-state index is 12.1. The van der Waals surface area contributed by atoms with Crippen molar-refractivity contribution in [2.75, 3.05) is 5.32 Å². The number of amides is 1. The Morgan fingerprint density at radius 2 is 1.79 bits per heavy atom. The van der Waals surface area contributed by atoms with Crippen LogP contribution in [0.15, 0.2) is 78.9 Å². The van der Waals surface area contributed by atoms with Crippen LogP contribution >= 0.6 is 11.6 Å². The Morgan fingerprint density at radius 3 is 2.48 bits per heavy atom. The van der Waals surface area contributed by atoms with Gasteiger partial charge in [-0.1, -0.05) is 54.1 Å². The van der Waals surface area contributed by atoms with Crippen LogP contribution in [0.5, 0.6) is 5.75 Å². The molecular formula is C22H17ClN2O4. The molecule has 0 unspecified atom stereocenters. The zero-order valence-corrected chi connectivity index (χ0v) is 16.0. The predicted octanol–water partition coefficient (Wildman–Crippen LogP) is 5.48. The number of hydrogen-bond acceptors (Lipinski definition) is 4. The average Bonchev–Trinajstić information content (AvgIpc) is 2.73. The first kappa shape index (κ1) is 20.1. The van der Waals surface area contributed by atoms with Crippen LogP contribution in [-0.4, -0.2) is 10.8 Å². The van der Waals surface area contributed by atoms with Gasteiger partial charge < -0.3 is 10.1 Å². The second-order valence-electron chi connectivity index (χ2n) is 6.09. The quantitative estimate of drug-likeness (QED) is 0.319. The van der Waals surface area contributed by atoms with Gasteiger partial charge in [0.1, 0.15) is 17.4 Å². The zero-order valence-electron chi connectivity index (χ0n) is 15.2. The van der Waals surface area contributed by atoms with Crippen molar-refractivity contribution in [3.63, 3.8) is 0 Å². The molecule has 0 spiro atoms. The Hall–Kier alpha value is -3.64. The van der Waals surface area contributed by atoms with Gasteiger partial charge in [0.05, 0.1) is 4.92 Å². The van der Waals surface area contributed by atoms with Crippen molar-refractivity contribution >= 4 is 35.0 Å². The minimum absolute atomic E-state index is 0.0121. The number of halogens is 1. The van der Waals surface area contributed by atoms with Crippen LogP contribution < -0.4 is 10.1 Å². The van der Waals surface area contributed by atoms with E-state index in [0.717, 1.165) is 16.9 Å². The highest BCUT2D eigenvalue weighted by Crippen LogP contribution is 2.27. The average molecular weight is 409 g/mol. The Bertz CT molecular complexity index is 1030. The van der Waals surface area contributed by atoms with Gasteiger partial charge >= 0.3 is 0 Å². The van der Waals surface area contributed by atoms with E-state index >= 15 is 0 Å². The lowest BCUT2D eigenvalue weighted by atomic mass is 10.2. The van der Waals surface area contributed by atoms with E-state index < -0.39 is 10.8 Å². The normalized spacial score (nSPS) is 10.7. The fraction of sp³-hybridized carbons (Fsp3) is 0.0455. The molecule has 0 aliphatic carbocycles. The first-order valence-corrected chi connectivity index (χ1v) is 9.09. The number of benzene rings is 3. The molecule has 0 saturated carbocycles. The van der Waals surface area contributed by atoms with Crippen LogP contribution in [0.2, 0.25) is 5.02 Å². The summed E-state index contributed by atoms with van der Waals surface area (Å²) in [5, 5.41) is 13.5. The molecule has 3 rings (SSSR count). The molecule has 146 valence electrons. The number of nitrogens with zero attached hydrogens (tertiary/aromatic N) is 1. The number of nitro benzene ring substituents is 1. The molecule has 0 fully saturated rings. The van der Waals surface area contributed by atoms with E-state index in [9.17, 15) is 14.9 Å². The number of carbonyl (C=O) groups is 1. The van der Waals surface area contributed by atoms with Crippen LogP contribution in [0.3, 0.4) is 0 Å². The largest absolute Gasteiger partial charge is 0.489 e. The molecule has 0 aliphatic rings. The molecule has 7 heteroatoms. The molecule has 0 aromatic heterocycles. The summed E-state index contributed by atoms with van der Waals surface area (Å²) in [5.74, 6) is 0.315. The van der Waals surface area contributed by atoms with Crippen molar-refractivity contribution in [2.45, 2.75) is 6.61 Å². The minimum atomic E-state index is -0.602. The number of nitro groups is 1. The Labute approximate surface area is 172 Å². The topological polar surface area (TPSA) is 81.5 Å². The highest BCUT2D eigenvalue weighted by molar-refractivity contribution is 6.32. The molecule has 0 radical (unpaired) electrons. The summed E-state index contributed by atoms with van der Waals surface area (Å²) >= 11 is 5.76. The maximum absolute atomic E-state index is 12.1. The van der Waals surface area contributed by atoms with Gasteiger partial charge in [0.2, 0.25) is 5.91 Å². The molecule has 0 heterocycles. The number of anilines is 1. The van der Waals surface area contributed by atoms with E-state index in [-0.39, 0.29) is 10.7 Å². The van der Waals surface area contributed by atoms with Crippen molar-refractivity contribution in [2.24, 2.45) is 0 Å². The standard InChI is InChI=1S/C22H17ClN2O4/c23-20-12-9-18(14-21(20)25(27)28)24-22(26)13-8-16-6-10-19(11-7-16)29-15-17-4-2-1-3-5-17/h1-14H,15H2,(H,24,26)/b13-8+. The Balaban J connectivity index is 1.56. The molecule has 0 atom stereocenters. The van der Waals surface area contributed by atoms with Crippen LogP contribution in [0.4, 0.5) is 11.4 Å². The highest BCUT2D eigenvalue weighted by Gasteiger charge is 2.13. The third kappa shape index (κ3) is 5.92. The van der Waals surface area contributed by atoms with Crippen LogP contribution in [0.25, 0.3) is 6.08 Å². The summed E-state index contributed by atoms with van der Waals surface area (Å²) in [6, 6.07) is 21.2. The van der Waals surface area contributed by atoms with Gasteiger partial charge in [0, 0.05) is 17.8 Å². The first-order valence-electron chi connectivity index (χ1n) is 8.71. The summed E-state index contributed by atoms with van der Waals surface area (Å²) in [4.78, 5) is 22.4. The minimum Gasteiger partial charge on any atom is -0.489 e. The highest BCUT2D eigenvalue weighted by atomic mass is 35.5. The monoisotopic (exact) mass is 408 g/mol. The molecule has 3 aromatic rings. The van der Waals surface area contributed by atoms with Gasteiger partial charge in [-0.05, 0) is 41.5 Å². The van der Waals surface area contributed by atoms with Crippen LogP contribution in [0.1, 0.15) is 11.1 Å². The Kier molecular flexibility index (Phi) is 6.60. The van der Waals surface area contributed by atoms with E-state index in [4.69, 9.17) is 16.3 Å².